The largest absolute Gasteiger partial charge is 0.482 e. The van der Waals surface area contributed by atoms with Crippen molar-refractivity contribution < 1.29 is 28.5 Å². The van der Waals surface area contributed by atoms with Crippen LogP contribution >= 0.6 is 0 Å². The Labute approximate surface area is 104 Å². The van der Waals surface area contributed by atoms with Crippen molar-refractivity contribution in [3.63, 3.8) is 0 Å². The summed E-state index contributed by atoms with van der Waals surface area (Å²) in [5.74, 6) is 0.0960. The highest BCUT2D eigenvalue weighted by Crippen LogP contribution is 2.17. The second kappa shape index (κ2) is 7.16. The SMILES string of the molecule is COC(=O)COc1ccc(OCC(=O)OC)cc1. The predicted molar refractivity (Wildman–Crippen MR) is 61.5 cm³/mol. The molecular weight excluding hydrogens is 240 g/mol. The van der Waals surface area contributed by atoms with Gasteiger partial charge in [-0.3, -0.25) is 0 Å². The first-order chi connectivity index (χ1) is 8.65. The Morgan fingerprint density at radius 1 is 0.833 bits per heavy atom. The highest BCUT2D eigenvalue weighted by molar-refractivity contribution is 5.71. The summed E-state index contributed by atoms with van der Waals surface area (Å²) in [6.07, 6.45) is 0. The molecule has 0 amide bonds. The van der Waals surface area contributed by atoms with E-state index in [9.17, 15) is 9.59 Å². The number of ether oxygens (including phenoxy) is 4. The molecule has 0 unspecified atom stereocenters. The van der Waals surface area contributed by atoms with Crippen LogP contribution in [0.5, 0.6) is 11.5 Å². The quantitative estimate of drug-likeness (QED) is 0.699. The first-order valence-corrected chi connectivity index (χ1v) is 5.15. The van der Waals surface area contributed by atoms with Crippen LogP contribution in [-0.2, 0) is 19.1 Å². The Hall–Kier alpha value is -2.24. The number of hydrogen-bond donors (Lipinski definition) is 0. The Morgan fingerprint density at radius 2 is 1.17 bits per heavy atom. The van der Waals surface area contributed by atoms with E-state index < -0.39 is 11.9 Å². The van der Waals surface area contributed by atoms with Crippen LogP contribution < -0.4 is 9.47 Å². The molecule has 0 radical (unpaired) electrons. The molecule has 1 aromatic rings. The Bertz CT molecular complexity index is 359. The van der Waals surface area contributed by atoms with E-state index in [0.717, 1.165) is 0 Å². The number of esters is 2. The van der Waals surface area contributed by atoms with E-state index in [1.807, 2.05) is 0 Å². The zero-order valence-electron chi connectivity index (χ0n) is 10.2. The molecule has 0 aromatic heterocycles. The minimum atomic E-state index is -0.457. The minimum absolute atomic E-state index is 0.154. The molecule has 0 heterocycles. The van der Waals surface area contributed by atoms with Crippen molar-refractivity contribution in [2.45, 2.75) is 0 Å². The standard InChI is InChI=1S/C12H14O6/c1-15-11(13)7-17-9-3-5-10(6-4-9)18-8-12(14)16-2/h3-6H,7-8H2,1-2H3. The smallest absolute Gasteiger partial charge is 0.343 e. The summed E-state index contributed by atoms with van der Waals surface area (Å²) in [4.78, 5) is 21.7. The number of benzene rings is 1. The van der Waals surface area contributed by atoms with Crippen LogP contribution in [0.25, 0.3) is 0 Å². The molecule has 0 bridgehead atoms. The number of methoxy groups -OCH3 is 2. The number of carbonyl (C=O) groups is 2. The summed E-state index contributed by atoms with van der Waals surface area (Å²) < 4.78 is 19.1. The van der Waals surface area contributed by atoms with Gasteiger partial charge in [0.1, 0.15) is 11.5 Å². The van der Waals surface area contributed by atoms with Crippen molar-refractivity contribution in [2.24, 2.45) is 0 Å². The second-order valence-corrected chi connectivity index (χ2v) is 3.20. The lowest BCUT2D eigenvalue weighted by atomic mass is 10.3. The molecule has 0 atom stereocenters. The van der Waals surface area contributed by atoms with E-state index in [1.165, 1.54) is 14.2 Å². The first-order valence-electron chi connectivity index (χ1n) is 5.15. The molecule has 0 N–H and O–H groups in total. The van der Waals surface area contributed by atoms with Gasteiger partial charge in [0.15, 0.2) is 13.2 Å². The Kier molecular flexibility index (Phi) is 5.50. The molecule has 1 rings (SSSR count). The van der Waals surface area contributed by atoms with Gasteiger partial charge < -0.3 is 18.9 Å². The summed E-state index contributed by atoms with van der Waals surface area (Å²) in [6.45, 7) is -0.308. The van der Waals surface area contributed by atoms with Crippen molar-refractivity contribution in [1.29, 1.82) is 0 Å². The van der Waals surface area contributed by atoms with E-state index in [2.05, 4.69) is 9.47 Å². The molecular formula is C12H14O6. The molecule has 0 saturated heterocycles. The zero-order chi connectivity index (χ0) is 13.4. The maximum Gasteiger partial charge on any atom is 0.343 e. The van der Waals surface area contributed by atoms with Crippen LogP contribution in [0.3, 0.4) is 0 Å². The highest BCUT2D eigenvalue weighted by atomic mass is 16.6. The minimum Gasteiger partial charge on any atom is -0.482 e. The summed E-state index contributed by atoms with van der Waals surface area (Å²) in [7, 11) is 2.57. The third-order valence-electron chi connectivity index (χ3n) is 1.99. The van der Waals surface area contributed by atoms with E-state index in [4.69, 9.17) is 9.47 Å². The number of carbonyl (C=O) groups excluding carboxylic acids is 2. The molecule has 0 aliphatic carbocycles. The molecule has 0 spiro atoms. The van der Waals surface area contributed by atoms with Gasteiger partial charge in [-0.15, -0.1) is 0 Å². The lowest BCUT2D eigenvalue weighted by molar-refractivity contribution is -0.143. The van der Waals surface area contributed by atoms with Crippen LogP contribution in [0.15, 0.2) is 24.3 Å². The van der Waals surface area contributed by atoms with Gasteiger partial charge in [0.25, 0.3) is 0 Å². The van der Waals surface area contributed by atoms with Crippen LogP contribution in [0, 0.1) is 0 Å². The van der Waals surface area contributed by atoms with Gasteiger partial charge in [0, 0.05) is 0 Å². The molecule has 98 valence electrons. The lowest BCUT2D eigenvalue weighted by Crippen LogP contribution is -2.13. The fourth-order valence-electron chi connectivity index (χ4n) is 1.03. The van der Waals surface area contributed by atoms with E-state index in [0.29, 0.717) is 11.5 Å². The number of hydrogen-bond acceptors (Lipinski definition) is 6. The molecule has 0 aliphatic heterocycles. The third kappa shape index (κ3) is 4.73. The van der Waals surface area contributed by atoms with Gasteiger partial charge >= 0.3 is 11.9 Å². The molecule has 6 heteroatoms. The monoisotopic (exact) mass is 254 g/mol. The summed E-state index contributed by atoms with van der Waals surface area (Å²) in [6, 6.07) is 6.48. The van der Waals surface area contributed by atoms with E-state index >= 15 is 0 Å². The Morgan fingerprint density at radius 3 is 1.44 bits per heavy atom. The first kappa shape index (κ1) is 13.8. The average Bonchev–Trinajstić information content (AvgIpc) is 2.43. The van der Waals surface area contributed by atoms with Crippen LogP contribution in [0.2, 0.25) is 0 Å². The topological polar surface area (TPSA) is 71.1 Å². The van der Waals surface area contributed by atoms with E-state index in [1.54, 1.807) is 24.3 Å². The lowest BCUT2D eigenvalue weighted by Gasteiger charge is -2.07. The van der Waals surface area contributed by atoms with Crippen molar-refractivity contribution in [3.05, 3.63) is 24.3 Å². The van der Waals surface area contributed by atoms with Crippen molar-refractivity contribution in [3.8, 4) is 11.5 Å². The van der Waals surface area contributed by atoms with Gasteiger partial charge in [-0.2, -0.15) is 0 Å². The summed E-state index contributed by atoms with van der Waals surface area (Å²) in [5, 5.41) is 0. The van der Waals surface area contributed by atoms with Gasteiger partial charge in [-0.25, -0.2) is 9.59 Å². The predicted octanol–water partition coefficient (Wildman–Crippen LogP) is 0.790. The normalized spacial score (nSPS) is 9.44. The summed E-state index contributed by atoms with van der Waals surface area (Å²) >= 11 is 0. The summed E-state index contributed by atoms with van der Waals surface area (Å²) in [5.41, 5.74) is 0. The molecule has 0 saturated carbocycles. The third-order valence-corrected chi connectivity index (χ3v) is 1.99. The van der Waals surface area contributed by atoms with Crippen molar-refractivity contribution >= 4 is 11.9 Å². The van der Waals surface area contributed by atoms with Gasteiger partial charge in [0.05, 0.1) is 14.2 Å². The van der Waals surface area contributed by atoms with E-state index in [-0.39, 0.29) is 13.2 Å². The number of rotatable bonds is 6. The fourth-order valence-corrected chi connectivity index (χ4v) is 1.03. The molecule has 6 nitrogen and oxygen atoms in total. The molecule has 0 aliphatic rings. The molecule has 18 heavy (non-hydrogen) atoms. The van der Waals surface area contributed by atoms with Crippen LogP contribution in [-0.4, -0.2) is 39.4 Å². The highest BCUT2D eigenvalue weighted by Gasteiger charge is 2.03. The van der Waals surface area contributed by atoms with Crippen molar-refractivity contribution in [2.75, 3.05) is 27.4 Å². The van der Waals surface area contributed by atoms with Crippen LogP contribution in [0.4, 0.5) is 0 Å². The van der Waals surface area contributed by atoms with Crippen molar-refractivity contribution in [1.82, 2.24) is 0 Å². The van der Waals surface area contributed by atoms with Gasteiger partial charge in [0.2, 0.25) is 0 Å². The molecule has 1 aromatic carbocycles. The zero-order valence-corrected chi connectivity index (χ0v) is 10.2. The average molecular weight is 254 g/mol. The van der Waals surface area contributed by atoms with Gasteiger partial charge in [-0.05, 0) is 24.3 Å². The fraction of sp³-hybridized carbons (Fsp3) is 0.333. The van der Waals surface area contributed by atoms with Gasteiger partial charge in [-0.1, -0.05) is 0 Å². The molecule has 0 fully saturated rings. The maximum absolute atomic E-state index is 10.8. The Balaban J connectivity index is 2.42. The second-order valence-electron chi connectivity index (χ2n) is 3.20. The maximum atomic E-state index is 10.8. The van der Waals surface area contributed by atoms with Crippen LogP contribution in [0.1, 0.15) is 0 Å².